The molecule has 2 aromatic heterocycles. The number of hydrogen-bond donors (Lipinski definition) is 2. The van der Waals surface area contributed by atoms with Crippen LogP contribution in [0.15, 0.2) is 49.1 Å². The summed E-state index contributed by atoms with van der Waals surface area (Å²) in [6, 6.07) is 7.59. The zero-order chi connectivity index (χ0) is 14.5. The lowest BCUT2D eigenvalue weighted by Gasteiger charge is -2.36. The third kappa shape index (κ3) is 4.04. The van der Waals surface area contributed by atoms with Crippen LogP contribution in [0.2, 0.25) is 0 Å². The maximum Gasteiger partial charge on any atom is 0.148 e. The van der Waals surface area contributed by atoms with E-state index in [2.05, 4.69) is 20.7 Å². The Morgan fingerprint density at radius 2 is 1.62 bits per heavy atom. The predicted molar refractivity (Wildman–Crippen MR) is 81.8 cm³/mol. The minimum Gasteiger partial charge on any atom is -0.359 e. The number of morpholine rings is 1. The van der Waals surface area contributed by atoms with Crippen molar-refractivity contribution in [2.24, 2.45) is 0 Å². The van der Waals surface area contributed by atoms with Gasteiger partial charge in [0.1, 0.15) is 11.8 Å². The van der Waals surface area contributed by atoms with Crippen molar-refractivity contribution in [2.45, 2.75) is 11.8 Å². The molecule has 110 valence electrons. The van der Waals surface area contributed by atoms with E-state index in [4.69, 9.17) is 16.3 Å². The second kappa shape index (κ2) is 6.71. The van der Waals surface area contributed by atoms with Crippen molar-refractivity contribution >= 4 is 23.0 Å². The predicted octanol–water partition coefficient (Wildman–Crippen LogP) is 2.14. The molecule has 2 atom stereocenters. The number of halogens is 1. The lowest BCUT2D eigenvalue weighted by molar-refractivity contribution is -0.0263. The van der Waals surface area contributed by atoms with E-state index < -0.39 is 0 Å². The maximum absolute atomic E-state index is 6.17. The van der Waals surface area contributed by atoms with Gasteiger partial charge in [-0.1, -0.05) is 11.6 Å². The number of rotatable bonds is 4. The lowest BCUT2D eigenvalue weighted by atomic mass is 10.3. The Morgan fingerprint density at radius 1 is 1.00 bits per heavy atom. The number of hydrazine groups is 1. The molecule has 0 bridgehead atoms. The molecule has 0 saturated carbocycles. The molecule has 6 nitrogen and oxygen atoms in total. The van der Waals surface area contributed by atoms with Gasteiger partial charge in [0.2, 0.25) is 0 Å². The summed E-state index contributed by atoms with van der Waals surface area (Å²) in [6.07, 6.45) is 6.76. The van der Waals surface area contributed by atoms with Crippen LogP contribution in [0.4, 0.5) is 11.4 Å². The highest BCUT2D eigenvalue weighted by Crippen LogP contribution is 2.17. The zero-order valence-electron chi connectivity index (χ0n) is 11.3. The highest BCUT2D eigenvalue weighted by molar-refractivity contribution is 6.19. The van der Waals surface area contributed by atoms with Crippen molar-refractivity contribution in [3.8, 4) is 0 Å². The molecule has 3 heterocycles. The van der Waals surface area contributed by atoms with E-state index in [0.29, 0.717) is 13.1 Å². The molecule has 2 aromatic rings. The molecule has 1 aliphatic rings. The molecule has 21 heavy (non-hydrogen) atoms. The van der Waals surface area contributed by atoms with Crippen LogP contribution in [0, 0.1) is 0 Å². The van der Waals surface area contributed by atoms with Crippen LogP contribution in [-0.2, 0) is 4.74 Å². The average Bonchev–Trinajstić information content (AvgIpc) is 2.48. The molecule has 0 aromatic carbocycles. The van der Waals surface area contributed by atoms with Gasteiger partial charge < -0.3 is 15.5 Å². The summed E-state index contributed by atoms with van der Waals surface area (Å²) in [4.78, 5) is 7.99. The van der Waals surface area contributed by atoms with Crippen molar-refractivity contribution in [3.05, 3.63) is 49.1 Å². The summed E-state index contributed by atoms with van der Waals surface area (Å²) in [7, 11) is 0. The molecular formula is C14H16ClN5O. The van der Waals surface area contributed by atoms with Crippen LogP contribution in [0.3, 0.4) is 0 Å². The molecule has 2 unspecified atom stereocenters. The summed E-state index contributed by atoms with van der Waals surface area (Å²) in [5.74, 6) is 0. The van der Waals surface area contributed by atoms with Crippen LogP contribution < -0.4 is 10.7 Å². The quantitative estimate of drug-likeness (QED) is 0.844. The Labute approximate surface area is 128 Å². The number of pyridine rings is 2. The summed E-state index contributed by atoms with van der Waals surface area (Å²) < 4.78 is 5.70. The normalized spacial score (nSPS) is 22.7. The molecule has 0 amide bonds. The van der Waals surface area contributed by atoms with E-state index in [9.17, 15) is 0 Å². The maximum atomic E-state index is 6.17. The third-order valence-corrected chi connectivity index (χ3v) is 3.28. The Morgan fingerprint density at radius 3 is 2.29 bits per heavy atom. The summed E-state index contributed by atoms with van der Waals surface area (Å²) >= 11 is 6.17. The fourth-order valence-electron chi connectivity index (χ4n) is 2.13. The van der Waals surface area contributed by atoms with E-state index in [1.807, 2.05) is 29.3 Å². The van der Waals surface area contributed by atoms with E-state index in [-0.39, 0.29) is 11.8 Å². The fraction of sp³-hybridized carbons (Fsp3) is 0.286. The molecule has 0 spiro atoms. The highest BCUT2D eigenvalue weighted by Gasteiger charge is 2.26. The standard InChI is InChI=1S/C14H16ClN5O/c15-13-9-20(19-12-3-7-17-8-4-12)10-14(21-13)18-11-1-5-16-6-2-11/h1-8,13-14H,9-10H2,(H,16,18)(H,17,19). The number of aromatic nitrogens is 2. The first-order valence-electron chi connectivity index (χ1n) is 6.67. The number of nitrogens with zero attached hydrogens (tertiary/aromatic N) is 3. The number of ether oxygens (including phenoxy) is 1. The molecular weight excluding hydrogens is 290 g/mol. The van der Waals surface area contributed by atoms with Crippen LogP contribution in [0.25, 0.3) is 0 Å². The van der Waals surface area contributed by atoms with Crippen molar-refractivity contribution in [1.29, 1.82) is 0 Å². The molecule has 2 N–H and O–H groups in total. The molecule has 1 aliphatic heterocycles. The third-order valence-electron chi connectivity index (χ3n) is 3.04. The van der Waals surface area contributed by atoms with Gasteiger partial charge in [0, 0.05) is 30.5 Å². The van der Waals surface area contributed by atoms with Crippen LogP contribution >= 0.6 is 11.6 Å². The Balaban J connectivity index is 1.62. The van der Waals surface area contributed by atoms with Crippen molar-refractivity contribution in [1.82, 2.24) is 15.0 Å². The van der Waals surface area contributed by atoms with Gasteiger partial charge in [0.25, 0.3) is 0 Å². The second-order valence-electron chi connectivity index (χ2n) is 4.67. The first-order valence-corrected chi connectivity index (χ1v) is 7.11. The van der Waals surface area contributed by atoms with Gasteiger partial charge in [-0.3, -0.25) is 9.97 Å². The van der Waals surface area contributed by atoms with E-state index in [1.165, 1.54) is 0 Å². The number of alkyl halides is 1. The average molecular weight is 306 g/mol. The first kappa shape index (κ1) is 14.1. The SMILES string of the molecule is ClC1CN(Nc2ccncc2)CC(Nc2ccncc2)O1. The summed E-state index contributed by atoms with van der Waals surface area (Å²) in [5, 5.41) is 5.31. The minimum absolute atomic E-state index is 0.196. The highest BCUT2D eigenvalue weighted by atomic mass is 35.5. The lowest BCUT2D eigenvalue weighted by Crippen LogP contribution is -2.50. The molecule has 1 fully saturated rings. The van der Waals surface area contributed by atoms with E-state index >= 15 is 0 Å². The molecule has 7 heteroatoms. The van der Waals surface area contributed by atoms with Gasteiger partial charge in [-0.25, -0.2) is 5.01 Å². The number of anilines is 2. The van der Waals surface area contributed by atoms with Crippen LogP contribution in [-0.4, -0.2) is 39.9 Å². The fourth-order valence-corrected chi connectivity index (χ4v) is 2.42. The molecule has 0 aliphatic carbocycles. The van der Waals surface area contributed by atoms with Crippen molar-refractivity contribution in [3.63, 3.8) is 0 Å². The summed E-state index contributed by atoms with van der Waals surface area (Å²) in [5.41, 5.74) is 4.84. The monoisotopic (exact) mass is 305 g/mol. The Hall–Kier alpha value is -1.89. The van der Waals surface area contributed by atoms with Crippen LogP contribution in [0.5, 0.6) is 0 Å². The van der Waals surface area contributed by atoms with E-state index in [0.717, 1.165) is 11.4 Å². The smallest absolute Gasteiger partial charge is 0.148 e. The Bertz CT molecular complexity index is 506. The largest absolute Gasteiger partial charge is 0.359 e. The topological polar surface area (TPSA) is 62.3 Å². The first-order chi connectivity index (χ1) is 10.3. The Kier molecular flexibility index (Phi) is 4.49. The summed E-state index contributed by atoms with van der Waals surface area (Å²) in [6.45, 7) is 1.26. The number of hydrogen-bond acceptors (Lipinski definition) is 6. The molecule has 1 saturated heterocycles. The van der Waals surface area contributed by atoms with Gasteiger partial charge in [-0.2, -0.15) is 0 Å². The number of nitrogens with one attached hydrogen (secondary N) is 2. The zero-order valence-corrected chi connectivity index (χ0v) is 12.1. The van der Waals surface area contributed by atoms with Crippen LogP contribution in [0.1, 0.15) is 0 Å². The van der Waals surface area contributed by atoms with Crippen molar-refractivity contribution in [2.75, 3.05) is 23.8 Å². The van der Waals surface area contributed by atoms with Gasteiger partial charge >= 0.3 is 0 Å². The van der Waals surface area contributed by atoms with Crippen molar-refractivity contribution < 1.29 is 4.74 Å². The second-order valence-corrected chi connectivity index (χ2v) is 5.15. The molecule has 3 rings (SSSR count). The van der Waals surface area contributed by atoms with Gasteiger partial charge in [0.05, 0.1) is 18.8 Å². The van der Waals surface area contributed by atoms with Gasteiger partial charge in [-0.05, 0) is 24.3 Å². The molecule has 0 radical (unpaired) electrons. The van der Waals surface area contributed by atoms with E-state index in [1.54, 1.807) is 24.8 Å². The minimum atomic E-state index is -0.382. The van der Waals surface area contributed by atoms with Gasteiger partial charge in [0.15, 0.2) is 0 Å². The van der Waals surface area contributed by atoms with Gasteiger partial charge in [-0.15, -0.1) is 0 Å².